The Morgan fingerprint density at radius 1 is 1.28 bits per heavy atom. The molecule has 0 atom stereocenters. The maximum Gasteiger partial charge on any atom is 0.234 e. The van der Waals surface area contributed by atoms with Crippen molar-refractivity contribution in [1.82, 2.24) is 5.32 Å². The van der Waals surface area contributed by atoms with E-state index in [1.165, 1.54) is 0 Å². The number of para-hydroxylation sites is 1. The fourth-order valence-corrected chi connectivity index (χ4v) is 2.09. The molecule has 4 heteroatoms. The van der Waals surface area contributed by atoms with Gasteiger partial charge >= 0.3 is 0 Å². The molecule has 1 rings (SSSR count). The molecule has 18 heavy (non-hydrogen) atoms. The summed E-state index contributed by atoms with van der Waals surface area (Å²) in [5.41, 5.74) is 2.00. The van der Waals surface area contributed by atoms with Crippen LogP contribution in [0.3, 0.4) is 0 Å². The first-order chi connectivity index (χ1) is 8.42. The van der Waals surface area contributed by atoms with Gasteiger partial charge in [0.15, 0.2) is 0 Å². The normalized spacial score (nSPS) is 11.3. The molecule has 1 aromatic rings. The lowest BCUT2D eigenvalue weighted by Crippen LogP contribution is -2.20. The van der Waals surface area contributed by atoms with Crippen LogP contribution < -0.4 is 10.6 Å². The van der Waals surface area contributed by atoms with Crippen LogP contribution in [0.5, 0.6) is 0 Å². The molecular formula is C14H22N2OS. The zero-order chi connectivity index (χ0) is 13.6. The molecule has 3 nitrogen and oxygen atoms in total. The van der Waals surface area contributed by atoms with Crippen LogP contribution in [-0.4, -0.2) is 23.5 Å². The third-order valence-electron chi connectivity index (χ3n) is 2.29. The Morgan fingerprint density at radius 3 is 2.56 bits per heavy atom. The Kier molecular flexibility index (Phi) is 5.69. The van der Waals surface area contributed by atoms with Crippen molar-refractivity contribution >= 4 is 23.4 Å². The van der Waals surface area contributed by atoms with E-state index in [9.17, 15) is 4.79 Å². The number of nitrogens with one attached hydrogen (secondary N) is 2. The van der Waals surface area contributed by atoms with E-state index in [2.05, 4.69) is 31.4 Å². The molecule has 0 radical (unpaired) electrons. The van der Waals surface area contributed by atoms with Gasteiger partial charge in [0.25, 0.3) is 0 Å². The van der Waals surface area contributed by atoms with E-state index < -0.39 is 0 Å². The predicted octanol–water partition coefficient (Wildman–Crippen LogP) is 2.88. The Labute approximate surface area is 114 Å². The number of thioether (sulfide) groups is 1. The summed E-state index contributed by atoms with van der Waals surface area (Å²) in [5, 5.41) is 6.07. The lowest BCUT2D eigenvalue weighted by Gasteiger charge is -2.17. The number of carbonyl (C=O) groups excluding carboxylic acids is 1. The van der Waals surface area contributed by atoms with Gasteiger partial charge in [0.05, 0.1) is 5.75 Å². The molecule has 1 amide bonds. The van der Waals surface area contributed by atoms with E-state index in [1.807, 2.05) is 31.3 Å². The van der Waals surface area contributed by atoms with E-state index in [-0.39, 0.29) is 10.7 Å². The number of hydrogen-bond acceptors (Lipinski definition) is 3. The molecule has 100 valence electrons. The van der Waals surface area contributed by atoms with Crippen LogP contribution in [0.4, 0.5) is 5.69 Å². The summed E-state index contributed by atoms with van der Waals surface area (Å²) in [4.78, 5) is 11.9. The van der Waals surface area contributed by atoms with E-state index in [0.717, 1.165) is 17.8 Å². The first-order valence-electron chi connectivity index (χ1n) is 6.08. The van der Waals surface area contributed by atoms with Gasteiger partial charge < -0.3 is 10.6 Å². The second-order valence-electron chi connectivity index (χ2n) is 5.14. The first kappa shape index (κ1) is 15.1. The van der Waals surface area contributed by atoms with Crippen molar-refractivity contribution in [3.63, 3.8) is 0 Å². The number of anilines is 1. The van der Waals surface area contributed by atoms with Gasteiger partial charge in [-0.1, -0.05) is 39.0 Å². The standard InChI is InChI=1S/C14H22N2OS/c1-14(2,3)18-10-13(17)16-12-8-6-5-7-11(12)9-15-4/h5-8,15H,9-10H2,1-4H3,(H,16,17). The topological polar surface area (TPSA) is 41.1 Å². The highest BCUT2D eigenvalue weighted by Crippen LogP contribution is 2.23. The quantitative estimate of drug-likeness (QED) is 0.861. The summed E-state index contributed by atoms with van der Waals surface area (Å²) in [6.07, 6.45) is 0. The summed E-state index contributed by atoms with van der Waals surface area (Å²) in [7, 11) is 1.90. The summed E-state index contributed by atoms with van der Waals surface area (Å²) in [6, 6.07) is 7.87. The van der Waals surface area contributed by atoms with E-state index in [4.69, 9.17) is 0 Å². The molecule has 0 bridgehead atoms. The minimum atomic E-state index is 0.0541. The number of rotatable bonds is 5. The molecule has 0 aliphatic heterocycles. The molecule has 0 aliphatic carbocycles. The fourth-order valence-electron chi connectivity index (χ4n) is 1.46. The molecule has 0 unspecified atom stereocenters. The van der Waals surface area contributed by atoms with E-state index in [0.29, 0.717) is 5.75 Å². The molecule has 0 aromatic heterocycles. The molecule has 0 heterocycles. The van der Waals surface area contributed by atoms with Crippen LogP contribution in [0.25, 0.3) is 0 Å². The number of benzene rings is 1. The predicted molar refractivity (Wildman–Crippen MR) is 80.0 cm³/mol. The fraction of sp³-hybridized carbons (Fsp3) is 0.500. The maximum atomic E-state index is 11.9. The van der Waals surface area contributed by atoms with Gasteiger partial charge in [-0.05, 0) is 18.7 Å². The Morgan fingerprint density at radius 2 is 1.94 bits per heavy atom. The highest BCUT2D eigenvalue weighted by Gasteiger charge is 2.14. The number of carbonyl (C=O) groups is 1. The van der Waals surface area contributed by atoms with Crippen LogP contribution in [-0.2, 0) is 11.3 Å². The van der Waals surface area contributed by atoms with Crippen molar-refractivity contribution in [1.29, 1.82) is 0 Å². The van der Waals surface area contributed by atoms with E-state index >= 15 is 0 Å². The van der Waals surface area contributed by atoms with Crippen molar-refractivity contribution in [3.8, 4) is 0 Å². The van der Waals surface area contributed by atoms with Crippen LogP contribution in [0.15, 0.2) is 24.3 Å². The van der Waals surface area contributed by atoms with Crippen molar-refractivity contribution in [2.24, 2.45) is 0 Å². The summed E-state index contributed by atoms with van der Waals surface area (Å²) >= 11 is 1.65. The van der Waals surface area contributed by atoms with E-state index in [1.54, 1.807) is 11.8 Å². The van der Waals surface area contributed by atoms with Crippen LogP contribution >= 0.6 is 11.8 Å². The van der Waals surface area contributed by atoms with Gasteiger partial charge in [0, 0.05) is 17.0 Å². The van der Waals surface area contributed by atoms with Crippen molar-refractivity contribution < 1.29 is 4.79 Å². The first-order valence-corrected chi connectivity index (χ1v) is 7.07. The largest absolute Gasteiger partial charge is 0.325 e. The lowest BCUT2D eigenvalue weighted by molar-refractivity contribution is -0.113. The number of hydrogen-bond donors (Lipinski definition) is 2. The van der Waals surface area contributed by atoms with Gasteiger partial charge in [0.1, 0.15) is 0 Å². The molecule has 1 aromatic carbocycles. The third-order valence-corrected chi connectivity index (χ3v) is 3.57. The van der Waals surface area contributed by atoms with Crippen LogP contribution in [0.1, 0.15) is 26.3 Å². The van der Waals surface area contributed by atoms with Gasteiger partial charge in [-0.3, -0.25) is 4.79 Å². The molecule has 0 spiro atoms. The van der Waals surface area contributed by atoms with Crippen molar-refractivity contribution in [2.75, 3.05) is 18.1 Å². The zero-order valence-electron chi connectivity index (χ0n) is 11.5. The second-order valence-corrected chi connectivity index (χ2v) is 6.94. The monoisotopic (exact) mass is 266 g/mol. The minimum Gasteiger partial charge on any atom is -0.325 e. The molecule has 0 saturated heterocycles. The van der Waals surface area contributed by atoms with Gasteiger partial charge in [0.2, 0.25) is 5.91 Å². The second kappa shape index (κ2) is 6.81. The van der Waals surface area contributed by atoms with Crippen LogP contribution in [0, 0.1) is 0 Å². The Bertz CT molecular complexity index is 399. The number of amides is 1. The minimum absolute atomic E-state index is 0.0541. The molecule has 0 aliphatic rings. The summed E-state index contributed by atoms with van der Waals surface area (Å²) < 4.78 is 0.113. The summed E-state index contributed by atoms with van der Waals surface area (Å²) in [5.74, 6) is 0.538. The highest BCUT2D eigenvalue weighted by atomic mass is 32.2. The molecule has 0 saturated carbocycles. The molecule has 2 N–H and O–H groups in total. The third kappa shape index (κ3) is 5.56. The lowest BCUT2D eigenvalue weighted by atomic mass is 10.2. The van der Waals surface area contributed by atoms with Crippen molar-refractivity contribution in [3.05, 3.63) is 29.8 Å². The van der Waals surface area contributed by atoms with Crippen LogP contribution in [0.2, 0.25) is 0 Å². The Balaban J connectivity index is 2.59. The van der Waals surface area contributed by atoms with Gasteiger partial charge in [-0.25, -0.2) is 0 Å². The van der Waals surface area contributed by atoms with Gasteiger partial charge in [-0.15, -0.1) is 11.8 Å². The van der Waals surface area contributed by atoms with Gasteiger partial charge in [-0.2, -0.15) is 0 Å². The molecular weight excluding hydrogens is 244 g/mol. The average molecular weight is 266 g/mol. The maximum absolute atomic E-state index is 11.9. The molecule has 0 fully saturated rings. The summed E-state index contributed by atoms with van der Waals surface area (Å²) in [6.45, 7) is 7.09. The zero-order valence-corrected chi connectivity index (χ0v) is 12.4. The highest BCUT2D eigenvalue weighted by molar-refractivity contribution is 8.01. The smallest absolute Gasteiger partial charge is 0.234 e. The SMILES string of the molecule is CNCc1ccccc1NC(=O)CSC(C)(C)C. The average Bonchev–Trinajstić information content (AvgIpc) is 2.29. The van der Waals surface area contributed by atoms with Crippen molar-refractivity contribution in [2.45, 2.75) is 32.1 Å². The Hall–Kier alpha value is -1.000.